The number of nitrogens with one attached hydrogen (secondary N) is 1. The molecule has 0 unspecified atom stereocenters. The summed E-state index contributed by atoms with van der Waals surface area (Å²) in [4.78, 5) is 0. The molecular weight excluding hydrogens is 178 g/mol. The van der Waals surface area contributed by atoms with Gasteiger partial charge in [0.2, 0.25) is 0 Å². The van der Waals surface area contributed by atoms with Crippen LogP contribution in [0.1, 0.15) is 5.56 Å². The van der Waals surface area contributed by atoms with Gasteiger partial charge in [-0.3, -0.25) is 5.10 Å². The molecule has 72 valence electrons. The summed E-state index contributed by atoms with van der Waals surface area (Å²) < 4.78 is 0. The number of H-pyrrole nitrogens is 1. The molecule has 0 saturated carbocycles. The highest BCUT2D eigenvalue weighted by molar-refractivity contribution is 5.64. The number of hydrogen-bond acceptors (Lipinski definition) is 3. The molecule has 2 rings (SSSR count). The molecular formula is C10H11N3O. The number of hydrogen-bond donors (Lipinski definition) is 3. The number of nitrogen functional groups attached to an aromatic ring is 1. The largest absolute Gasteiger partial charge is 0.508 e. The maximum Gasteiger partial charge on any atom is 0.145 e. The Morgan fingerprint density at radius 3 is 2.64 bits per heavy atom. The Morgan fingerprint density at radius 2 is 2.07 bits per heavy atom. The lowest BCUT2D eigenvalue weighted by Gasteiger charge is -2.00. The smallest absolute Gasteiger partial charge is 0.145 e. The number of nitrogens with zero attached hydrogens (tertiary/aromatic N) is 1. The SMILES string of the molecule is Cc1cc(O)cc(-c2cc(N)n[nH]2)c1. The monoisotopic (exact) mass is 189 g/mol. The lowest BCUT2D eigenvalue weighted by Crippen LogP contribution is -1.81. The van der Waals surface area contributed by atoms with Crippen LogP contribution in [0.3, 0.4) is 0 Å². The maximum absolute atomic E-state index is 9.40. The van der Waals surface area contributed by atoms with E-state index in [1.807, 2.05) is 13.0 Å². The molecule has 0 radical (unpaired) electrons. The highest BCUT2D eigenvalue weighted by atomic mass is 16.3. The molecule has 0 aliphatic carbocycles. The van der Waals surface area contributed by atoms with Gasteiger partial charge in [0, 0.05) is 11.6 Å². The third-order valence-corrected chi connectivity index (χ3v) is 1.97. The van der Waals surface area contributed by atoms with E-state index in [9.17, 15) is 5.11 Å². The van der Waals surface area contributed by atoms with E-state index in [4.69, 9.17) is 5.73 Å². The normalized spacial score (nSPS) is 10.4. The number of phenols is 1. The second kappa shape index (κ2) is 3.06. The third kappa shape index (κ3) is 1.54. The van der Waals surface area contributed by atoms with Crippen molar-refractivity contribution in [2.45, 2.75) is 6.92 Å². The van der Waals surface area contributed by atoms with Gasteiger partial charge in [0.05, 0.1) is 5.69 Å². The fourth-order valence-electron chi connectivity index (χ4n) is 1.40. The molecule has 0 amide bonds. The minimum Gasteiger partial charge on any atom is -0.508 e. The van der Waals surface area contributed by atoms with E-state index in [1.54, 1.807) is 18.2 Å². The van der Waals surface area contributed by atoms with Crippen LogP contribution >= 0.6 is 0 Å². The van der Waals surface area contributed by atoms with Crippen LogP contribution < -0.4 is 5.73 Å². The topological polar surface area (TPSA) is 74.9 Å². The number of aromatic amines is 1. The number of aromatic nitrogens is 2. The summed E-state index contributed by atoms with van der Waals surface area (Å²) in [5, 5.41) is 16.0. The molecule has 1 heterocycles. The maximum atomic E-state index is 9.40. The molecule has 4 nitrogen and oxygen atoms in total. The first kappa shape index (κ1) is 8.62. The third-order valence-electron chi connectivity index (χ3n) is 1.97. The lowest BCUT2D eigenvalue weighted by atomic mass is 10.1. The molecule has 1 aromatic heterocycles. The molecule has 14 heavy (non-hydrogen) atoms. The summed E-state index contributed by atoms with van der Waals surface area (Å²) in [6.45, 7) is 1.92. The molecule has 0 aliphatic rings. The van der Waals surface area contributed by atoms with E-state index >= 15 is 0 Å². The van der Waals surface area contributed by atoms with Gasteiger partial charge in [-0.25, -0.2) is 0 Å². The van der Waals surface area contributed by atoms with Gasteiger partial charge < -0.3 is 10.8 Å². The lowest BCUT2D eigenvalue weighted by molar-refractivity contribution is 0.475. The standard InChI is InChI=1S/C10H11N3O/c1-6-2-7(4-8(14)3-6)9-5-10(11)13-12-9/h2-5,14H,1H3,(H3,11,12,13). The zero-order valence-corrected chi connectivity index (χ0v) is 7.78. The summed E-state index contributed by atoms with van der Waals surface area (Å²) >= 11 is 0. The molecule has 0 saturated heterocycles. The molecule has 4 heteroatoms. The summed E-state index contributed by atoms with van der Waals surface area (Å²) in [7, 11) is 0. The Kier molecular flexibility index (Phi) is 1.89. The second-order valence-corrected chi connectivity index (χ2v) is 3.26. The summed E-state index contributed by atoms with van der Waals surface area (Å²) in [5.41, 5.74) is 8.17. The average Bonchev–Trinajstić information content (AvgIpc) is 2.50. The van der Waals surface area contributed by atoms with Crippen molar-refractivity contribution in [2.75, 3.05) is 5.73 Å². The first-order valence-corrected chi connectivity index (χ1v) is 4.27. The van der Waals surface area contributed by atoms with Gasteiger partial charge in [-0.1, -0.05) is 0 Å². The van der Waals surface area contributed by atoms with Crippen molar-refractivity contribution in [3.63, 3.8) is 0 Å². The van der Waals surface area contributed by atoms with Gasteiger partial charge in [-0.05, 0) is 30.7 Å². The van der Waals surface area contributed by atoms with Crippen LogP contribution in [0.15, 0.2) is 24.3 Å². The fraction of sp³-hybridized carbons (Fsp3) is 0.100. The minimum atomic E-state index is 0.244. The van der Waals surface area contributed by atoms with Crippen molar-refractivity contribution in [2.24, 2.45) is 0 Å². The Labute approximate surface area is 81.4 Å². The Bertz CT molecular complexity index is 442. The molecule has 0 atom stereocenters. The Morgan fingerprint density at radius 1 is 1.29 bits per heavy atom. The van der Waals surface area contributed by atoms with Crippen molar-refractivity contribution >= 4 is 5.82 Å². The number of nitrogens with two attached hydrogens (primary N) is 1. The average molecular weight is 189 g/mol. The highest BCUT2D eigenvalue weighted by Crippen LogP contribution is 2.24. The summed E-state index contributed by atoms with van der Waals surface area (Å²) in [5.74, 6) is 0.689. The van der Waals surface area contributed by atoms with Crippen molar-refractivity contribution in [3.05, 3.63) is 29.8 Å². The Hall–Kier alpha value is -1.97. The highest BCUT2D eigenvalue weighted by Gasteiger charge is 2.03. The number of benzene rings is 1. The van der Waals surface area contributed by atoms with E-state index in [1.165, 1.54) is 0 Å². The van der Waals surface area contributed by atoms with E-state index in [0.29, 0.717) is 5.82 Å². The van der Waals surface area contributed by atoms with Crippen LogP contribution in [0.4, 0.5) is 5.82 Å². The van der Waals surface area contributed by atoms with Crippen molar-refractivity contribution in [1.82, 2.24) is 10.2 Å². The number of rotatable bonds is 1. The zero-order valence-electron chi connectivity index (χ0n) is 7.78. The van der Waals surface area contributed by atoms with Crippen LogP contribution in [0.5, 0.6) is 5.75 Å². The van der Waals surface area contributed by atoms with Crippen molar-refractivity contribution in [1.29, 1.82) is 0 Å². The number of aryl methyl sites for hydroxylation is 1. The molecule has 1 aromatic carbocycles. The molecule has 0 aliphatic heterocycles. The van der Waals surface area contributed by atoms with Gasteiger partial charge in [0.25, 0.3) is 0 Å². The minimum absolute atomic E-state index is 0.244. The van der Waals surface area contributed by atoms with E-state index in [2.05, 4.69) is 10.2 Å². The van der Waals surface area contributed by atoms with Crippen molar-refractivity contribution < 1.29 is 5.11 Å². The van der Waals surface area contributed by atoms with Crippen LogP contribution in [0.25, 0.3) is 11.3 Å². The number of anilines is 1. The predicted molar refractivity (Wildman–Crippen MR) is 54.8 cm³/mol. The van der Waals surface area contributed by atoms with Gasteiger partial charge in [0.15, 0.2) is 0 Å². The molecule has 0 bridgehead atoms. The van der Waals surface area contributed by atoms with Crippen LogP contribution in [0.2, 0.25) is 0 Å². The van der Waals surface area contributed by atoms with Gasteiger partial charge in [-0.2, -0.15) is 5.10 Å². The summed E-state index contributed by atoms with van der Waals surface area (Å²) in [6.07, 6.45) is 0. The van der Waals surface area contributed by atoms with Crippen LogP contribution in [-0.4, -0.2) is 15.3 Å². The first-order valence-electron chi connectivity index (χ1n) is 4.27. The van der Waals surface area contributed by atoms with Crippen LogP contribution in [0, 0.1) is 6.92 Å². The van der Waals surface area contributed by atoms with E-state index in [-0.39, 0.29) is 5.75 Å². The van der Waals surface area contributed by atoms with E-state index < -0.39 is 0 Å². The predicted octanol–water partition coefficient (Wildman–Crippen LogP) is 1.67. The second-order valence-electron chi connectivity index (χ2n) is 3.26. The van der Waals surface area contributed by atoms with Gasteiger partial charge in [0.1, 0.15) is 11.6 Å². The molecule has 4 N–H and O–H groups in total. The van der Waals surface area contributed by atoms with E-state index in [0.717, 1.165) is 16.8 Å². The number of aromatic hydroxyl groups is 1. The molecule has 0 spiro atoms. The van der Waals surface area contributed by atoms with Gasteiger partial charge >= 0.3 is 0 Å². The quantitative estimate of drug-likeness (QED) is 0.638. The first-order chi connectivity index (χ1) is 6.65. The Balaban J connectivity index is 2.51. The van der Waals surface area contributed by atoms with Crippen molar-refractivity contribution in [3.8, 4) is 17.0 Å². The number of phenolic OH excluding ortho intramolecular Hbond substituents is 1. The zero-order chi connectivity index (χ0) is 10.1. The van der Waals surface area contributed by atoms with Gasteiger partial charge in [-0.15, -0.1) is 0 Å². The molecule has 2 aromatic rings. The fourth-order valence-corrected chi connectivity index (χ4v) is 1.40. The summed E-state index contributed by atoms with van der Waals surface area (Å²) in [6, 6.07) is 7.05. The van der Waals surface area contributed by atoms with Crippen LogP contribution in [-0.2, 0) is 0 Å². The molecule has 0 fully saturated rings.